The van der Waals surface area contributed by atoms with Gasteiger partial charge in [-0.25, -0.2) is 4.79 Å². The Morgan fingerprint density at radius 3 is 3.07 bits per heavy atom. The first kappa shape index (κ1) is 10.8. The number of esters is 1. The van der Waals surface area contributed by atoms with Crippen LogP contribution in [0.2, 0.25) is 0 Å². The molecule has 1 heterocycles. The highest BCUT2D eigenvalue weighted by atomic mass is 16.7. The Labute approximate surface area is 83.6 Å². The lowest BCUT2D eigenvalue weighted by molar-refractivity contribution is -0.141. The molecule has 1 rings (SSSR count). The van der Waals surface area contributed by atoms with Crippen molar-refractivity contribution < 1.29 is 14.4 Å². The highest BCUT2D eigenvalue weighted by Gasteiger charge is 2.20. The van der Waals surface area contributed by atoms with Crippen LogP contribution >= 0.6 is 0 Å². The molecule has 1 aliphatic rings. The SMILES string of the molecule is CCCCN1NC(C(=O)OCC)=CO1. The number of unbranched alkanes of at least 4 members (excludes halogenated alkanes) is 1. The number of carbonyl (C=O) groups is 1. The molecule has 0 fully saturated rings. The van der Waals surface area contributed by atoms with Crippen LogP contribution in [-0.2, 0) is 14.4 Å². The van der Waals surface area contributed by atoms with Crippen molar-refractivity contribution in [1.82, 2.24) is 10.6 Å². The zero-order chi connectivity index (χ0) is 10.4. The largest absolute Gasteiger partial charge is 0.461 e. The number of nitrogens with zero attached hydrogens (tertiary/aromatic N) is 1. The van der Waals surface area contributed by atoms with E-state index in [0.29, 0.717) is 12.3 Å². The molecule has 0 radical (unpaired) electrons. The Balaban J connectivity index is 2.28. The van der Waals surface area contributed by atoms with Crippen LogP contribution < -0.4 is 5.43 Å². The molecule has 0 aromatic heterocycles. The minimum absolute atomic E-state index is 0.350. The number of carbonyl (C=O) groups excluding carboxylic acids is 1. The van der Waals surface area contributed by atoms with E-state index in [1.54, 1.807) is 6.92 Å². The molecule has 0 aromatic rings. The lowest BCUT2D eigenvalue weighted by Gasteiger charge is -2.14. The van der Waals surface area contributed by atoms with Gasteiger partial charge in [0.15, 0.2) is 5.70 Å². The second kappa shape index (κ2) is 5.49. The minimum atomic E-state index is -0.383. The van der Waals surface area contributed by atoms with Crippen molar-refractivity contribution in [3.63, 3.8) is 0 Å². The Hall–Kier alpha value is -1.23. The molecule has 0 unspecified atom stereocenters. The van der Waals surface area contributed by atoms with Gasteiger partial charge in [-0.05, 0) is 13.3 Å². The first-order valence-electron chi connectivity index (χ1n) is 4.86. The molecule has 0 aliphatic carbocycles. The molecule has 0 atom stereocenters. The number of ether oxygens (including phenoxy) is 1. The van der Waals surface area contributed by atoms with E-state index in [9.17, 15) is 4.79 Å². The Kier molecular flexibility index (Phi) is 4.25. The average Bonchev–Trinajstić information content (AvgIpc) is 2.63. The molecular formula is C9H16N2O3. The monoisotopic (exact) mass is 200 g/mol. The average molecular weight is 200 g/mol. The number of hydrogen-bond donors (Lipinski definition) is 1. The fraction of sp³-hybridized carbons (Fsp3) is 0.667. The minimum Gasteiger partial charge on any atom is -0.461 e. The summed E-state index contributed by atoms with van der Waals surface area (Å²) in [7, 11) is 0. The third-order valence-corrected chi connectivity index (χ3v) is 1.75. The van der Waals surface area contributed by atoms with E-state index in [4.69, 9.17) is 9.57 Å². The number of rotatable bonds is 5. The quantitative estimate of drug-likeness (QED) is 0.669. The maximum atomic E-state index is 11.2. The molecule has 0 aromatic carbocycles. The number of hydroxylamine groups is 1. The normalized spacial score (nSPS) is 15.7. The molecule has 14 heavy (non-hydrogen) atoms. The van der Waals surface area contributed by atoms with E-state index in [2.05, 4.69) is 12.3 Å². The summed E-state index contributed by atoms with van der Waals surface area (Å²) in [6.45, 7) is 4.97. The molecule has 0 amide bonds. The van der Waals surface area contributed by atoms with Crippen LogP contribution in [-0.4, -0.2) is 24.3 Å². The summed E-state index contributed by atoms with van der Waals surface area (Å²) >= 11 is 0. The highest BCUT2D eigenvalue weighted by molar-refractivity contribution is 5.87. The van der Waals surface area contributed by atoms with E-state index in [1.165, 1.54) is 11.4 Å². The van der Waals surface area contributed by atoms with Gasteiger partial charge in [0, 0.05) is 0 Å². The van der Waals surface area contributed by atoms with Crippen LogP contribution in [0.3, 0.4) is 0 Å². The van der Waals surface area contributed by atoms with Gasteiger partial charge in [-0.1, -0.05) is 18.5 Å². The van der Waals surface area contributed by atoms with Crippen molar-refractivity contribution in [2.75, 3.05) is 13.2 Å². The maximum absolute atomic E-state index is 11.2. The van der Waals surface area contributed by atoms with Crippen LogP contribution in [0.4, 0.5) is 0 Å². The lowest BCUT2D eigenvalue weighted by atomic mass is 10.3. The summed E-state index contributed by atoms with van der Waals surface area (Å²) in [6.07, 6.45) is 3.46. The predicted molar refractivity (Wildman–Crippen MR) is 50.6 cm³/mol. The number of hydrogen-bond acceptors (Lipinski definition) is 5. The Morgan fingerprint density at radius 1 is 1.64 bits per heavy atom. The zero-order valence-corrected chi connectivity index (χ0v) is 8.58. The van der Waals surface area contributed by atoms with Crippen LogP contribution in [0.25, 0.3) is 0 Å². The first-order valence-corrected chi connectivity index (χ1v) is 4.86. The van der Waals surface area contributed by atoms with Crippen LogP contribution in [0, 0.1) is 0 Å². The molecule has 0 spiro atoms. The van der Waals surface area contributed by atoms with Crippen molar-refractivity contribution in [3.8, 4) is 0 Å². The summed E-state index contributed by atoms with van der Waals surface area (Å²) in [4.78, 5) is 16.3. The van der Waals surface area contributed by atoms with Crippen molar-refractivity contribution in [3.05, 3.63) is 12.0 Å². The fourth-order valence-electron chi connectivity index (χ4n) is 1.02. The van der Waals surface area contributed by atoms with Crippen molar-refractivity contribution in [1.29, 1.82) is 0 Å². The summed E-state index contributed by atoms with van der Waals surface area (Å²) in [5, 5.41) is 1.52. The predicted octanol–water partition coefficient (Wildman–Crippen LogP) is 0.943. The lowest BCUT2D eigenvalue weighted by Crippen LogP contribution is -2.34. The molecule has 1 aliphatic heterocycles. The van der Waals surface area contributed by atoms with Gasteiger partial charge >= 0.3 is 5.97 Å². The van der Waals surface area contributed by atoms with Gasteiger partial charge in [-0.15, -0.1) is 0 Å². The van der Waals surface area contributed by atoms with Gasteiger partial charge in [0.2, 0.25) is 0 Å². The number of nitrogens with one attached hydrogen (secondary N) is 1. The molecule has 5 heteroatoms. The summed E-state index contributed by atoms with van der Waals surface area (Å²) in [5.74, 6) is -0.383. The van der Waals surface area contributed by atoms with Crippen molar-refractivity contribution in [2.45, 2.75) is 26.7 Å². The zero-order valence-electron chi connectivity index (χ0n) is 8.58. The van der Waals surface area contributed by atoms with Gasteiger partial charge in [0.1, 0.15) is 6.26 Å². The molecule has 0 saturated heterocycles. The molecule has 5 nitrogen and oxygen atoms in total. The van der Waals surface area contributed by atoms with Crippen LogP contribution in [0.15, 0.2) is 12.0 Å². The third-order valence-electron chi connectivity index (χ3n) is 1.75. The van der Waals surface area contributed by atoms with Crippen LogP contribution in [0.5, 0.6) is 0 Å². The smallest absolute Gasteiger partial charge is 0.359 e. The van der Waals surface area contributed by atoms with Crippen molar-refractivity contribution >= 4 is 5.97 Å². The first-order chi connectivity index (χ1) is 6.77. The summed E-state index contributed by atoms with van der Waals surface area (Å²) in [5.41, 5.74) is 3.16. The van der Waals surface area contributed by atoms with E-state index < -0.39 is 0 Å². The fourth-order valence-corrected chi connectivity index (χ4v) is 1.02. The van der Waals surface area contributed by atoms with Gasteiger partial charge in [0.25, 0.3) is 0 Å². The summed E-state index contributed by atoms with van der Waals surface area (Å²) < 4.78 is 4.80. The standard InChI is InChI=1S/C9H16N2O3/c1-3-5-6-11-10-8(7-14-11)9(12)13-4-2/h7,10H,3-6H2,1-2H3. The summed E-state index contributed by atoms with van der Waals surface area (Å²) in [6, 6.07) is 0. The molecule has 0 saturated carbocycles. The molecule has 80 valence electrons. The topological polar surface area (TPSA) is 50.8 Å². The van der Waals surface area contributed by atoms with E-state index in [-0.39, 0.29) is 5.97 Å². The second-order valence-electron chi connectivity index (χ2n) is 2.92. The molecular weight excluding hydrogens is 184 g/mol. The van der Waals surface area contributed by atoms with Crippen LogP contribution in [0.1, 0.15) is 26.7 Å². The number of hydrazine groups is 1. The van der Waals surface area contributed by atoms with E-state index in [0.717, 1.165) is 19.4 Å². The van der Waals surface area contributed by atoms with Gasteiger partial charge in [-0.2, -0.15) is 0 Å². The van der Waals surface area contributed by atoms with Gasteiger partial charge < -0.3 is 9.57 Å². The Bertz CT molecular complexity index is 228. The van der Waals surface area contributed by atoms with E-state index >= 15 is 0 Å². The third kappa shape index (κ3) is 2.92. The second-order valence-corrected chi connectivity index (χ2v) is 2.92. The molecule has 0 bridgehead atoms. The van der Waals surface area contributed by atoms with Gasteiger partial charge in [-0.3, -0.25) is 5.43 Å². The highest BCUT2D eigenvalue weighted by Crippen LogP contribution is 2.07. The maximum Gasteiger partial charge on any atom is 0.359 e. The van der Waals surface area contributed by atoms with Crippen molar-refractivity contribution in [2.24, 2.45) is 0 Å². The Morgan fingerprint density at radius 2 is 2.43 bits per heavy atom. The van der Waals surface area contributed by atoms with E-state index in [1.807, 2.05) is 0 Å². The van der Waals surface area contributed by atoms with Gasteiger partial charge in [0.05, 0.1) is 13.2 Å². The molecule has 1 N–H and O–H groups in total.